The summed E-state index contributed by atoms with van der Waals surface area (Å²) in [5, 5.41) is 11.1. The molecular weight excluding hydrogens is 221 g/mol. The van der Waals surface area contributed by atoms with Crippen LogP contribution in [0.5, 0.6) is 0 Å². The number of carboxylic acid groups (broad SMARTS) is 1. The molecule has 2 N–H and O–H groups in total. The maximum atomic E-state index is 12.5. The number of nitrogens with one attached hydrogen (secondary N) is 1. The molecule has 0 unspecified atom stereocenters. The van der Waals surface area contributed by atoms with Crippen LogP contribution in [0, 0.1) is 5.82 Å². The van der Waals surface area contributed by atoms with Crippen molar-refractivity contribution in [2.24, 2.45) is 0 Å². The van der Waals surface area contributed by atoms with E-state index in [2.05, 4.69) is 5.32 Å². The molecule has 0 amide bonds. The molecule has 0 aromatic heterocycles. The van der Waals surface area contributed by atoms with Gasteiger partial charge in [-0.2, -0.15) is 0 Å². The molecule has 0 saturated carbocycles. The summed E-state index contributed by atoms with van der Waals surface area (Å²) in [4.78, 5) is 9.60. The van der Waals surface area contributed by atoms with Crippen LogP contribution in [0.2, 0.25) is 0 Å². The number of carboxylic acids is 1. The third-order valence-electron chi connectivity index (χ3n) is 2.59. The summed E-state index contributed by atoms with van der Waals surface area (Å²) < 4.78 is 12.5. The minimum Gasteiger partial charge on any atom is -0.481 e. The van der Waals surface area contributed by atoms with Gasteiger partial charge in [0.15, 0.2) is 0 Å². The van der Waals surface area contributed by atoms with Crippen molar-refractivity contribution in [3.8, 4) is 0 Å². The Hall–Kier alpha value is -1.42. The molecule has 1 aromatic carbocycles. The molecule has 3 nitrogen and oxygen atoms in total. The maximum Gasteiger partial charge on any atom is 0.303 e. The van der Waals surface area contributed by atoms with E-state index >= 15 is 0 Å². The van der Waals surface area contributed by atoms with Crippen molar-refractivity contribution < 1.29 is 14.3 Å². The molecule has 94 valence electrons. The SMILES string of the molecule is CCCC(=O)O.Fc1ccc(C2CNC2)cc1. The van der Waals surface area contributed by atoms with Crippen LogP contribution in [-0.2, 0) is 4.79 Å². The van der Waals surface area contributed by atoms with Crippen molar-refractivity contribution in [3.63, 3.8) is 0 Å². The van der Waals surface area contributed by atoms with E-state index in [1.807, 2.05) is 19.1 Å². The summed E-state index contributed by atoms with van der Waals surface area (Å²) in [6.45, 7) is 3.91. The second kappa shape index (κ2) is 7.01. The van der Waals surface area contributed by atoms with Crippen molar-refractivity contribution in [2.45, 2.75) is 25.7 Å². The van der Waals surface area contributed by atoms with Crippen molar-refractivity contribution in [2.75, 3.05) is 13.1 Å². The molecule has 17 heavy (non-hydrogen) atoms. The van der Waals surface area contributed by atoms with Gasteiger partial charge in [0.2, 0.25) is 0 Å². The van der Waals surface area contributed by atoms with Crippen molar-refractivity contribution in [1.82, 2.24) is 5.32 Å². The lowest BCUT2D eigenvalue weighted by molar-refractivity contribution is -0.137. The van der Waals surface area contributed by atoms with Gasteiger partial charge >= 0.3 is 5.97 Å². The molecule has 0 bridgehead atoms. The first-order valence-electron chi connectivity index (χ1n) is 5.81. The third kappa shape index (κ3) is 4.95. The lowest BCUT2D eigenvalue weighted by Gasteiger charge is -2.27. The fourth-order valence-corrected chi connectivity index (χ4v) is 1.47. The molecule has 1 aromatic rings. The Morgan fingerprint density at radius 1 is 1.41 bits per heavy atom. The van der Waals surface area contributed by atoms with Crippen LogP contribution in [0.1, 0.15) is 31.2 Å². The Morgan fingerprint density at radius 2 is 2.00 bits per heavy atom. The zero-order chi connectivity index (χ0) is 12.7. The topological polar surface area (TPSA) is 49.3 Å². The fourth-order valence-electron chi connectivity index (χ4n) is 1.47. The summed E-state index contributed by atoms with van der Waals surface area (Å²) >= 11 is 0. The first-order valence-corrected chi connectivity index (χ1v) is 5.81. The number of hydrogen-bond donors (Lipinski definition) is 2. The van der Waals surface area contributed by atoms with E-state index in [1.165, 1.54) is 17.7 Å². The third-order valence-corrected chi connectivity index (χ3v) is 2.59. The van der Waals surface area contributed by atoms with E-state index in [0.717, 1.165) is 19.5 Å². The van der Waals surface area contributed by atoms with E-state index in [1.54, 1.807) is 0 Å². The van der Waals surface area contributed by atoms with Crippen LogP contribution >= 0.6 is 0 Å². The van der Waals surface area contributed by atoms with Gasteiger partial charge in [0.25, 0.3) is 0 Å². The number of halogens is 1. The van der Waals surface area contributed by atoms with Gasteiger partial charge in [-0.1, -0.05) is 19.1 Å². The molecule has 0 aliphatic carbocycles. The molecule has 0 atom stereocenters. The number of benzene rings is 1. The van der Waals surface area contributed by atoms with Crippen LogP contribution < -0.4 is 5.32 Å². The molecule has 1 fully saturated rings. The summed E-state index contributed by atoms with van der Waals surface area (Å²) in [7, 11) is 0. The summed E-state index contributed by atoms with van der Waals surface area (Å²) in [6.07, 6.45) is 1.02. The van der Waals surface area contributed by atoms with Crippen LogP contribution in [0.25, 0.3) is 0 Å². The smallest absolute Gasteiger partial charge is 0.303 e. The van der Waals surface area contributed by atoms with E-state index in [9.17, 15) is 9.18 Å². The van der Waals surface area contributed by atoms with Gasteiger partial charge in [-0.05, 0) is 24.1 Å². The van der Waals surface area contributed by atoms with Crippen molar-refractivity contribution >= 4 is 5.97 Å². The van der Waals surface area contributed by atoms with Crippen molar-refractivity contribution in [3.05, 3.63) is 35.6 Å². The summed E-state index contributed by atoms with van der Waals surface area (Å²) in [5.41, 5.74) is 1.24. The molecule has 4 heteroatoms. The lowest BCUT2D eigenvalue weighted by atomic mass is 9.94. The molecule has 1 aliphatic heterocycles. The minimum atomic E-state index is -0.711. The van der Waals surface area contributed by atoms with Gasteiger partial charge < -0.3 is 10.4 Å². The predicted octanol–water partition coefficient (Wildman–Crippen LogP) is 2.38. The van der Waals surface area contributed by atoms with Crippen LogP contribution in [0.4, 0.5) is 4.39 Å². The molecule has 0 radical (unpaired) electrons. The van der Waals surface area contributed by atoms with Crippen LogP contribution in [0.3, 0.4) is 0 Å². The van der Waals surface area contributed by atoms with E-state index < -0.39 is 5.97 Å². The standard InChI is InChI=1S/C9H10FN.C4H8O2/c10-9-3-1-7(2-4-9)8-5-11-6-8;1-2-3-4(5)6/h1-4,8,11H,5-6H2;2-3H2,1H3,(H,5,6). The number of carbonyl (C=O) groups is 1. The molecule has 1 aliphatic rings. The van der Waals surface area contributed by atoms with Gasteiger partial charge in [-0.15, -0.1) is 0 Å². The van der Waals surface area contributed by atoms with Gasteiger partial charge in [0, 0.05) is 25.4 Å². The maximum absolute atomic E-state index is 12.5. The van der Waals surface area contributed by atoms with Crippen LogP contribution in [0.15, 0.2) is 24.3 Å². The highest BCUT2D eigenvalue weighted by Crippen LogP contribution is 2.19. The van der Waals surface area contributed by atoms with Crippen molar-refractivity contribution in [1.29, 1.82) is 0 Å². The Bertz CT molecular complexity index is 347. The first kappa shape index (κ1) is 13.6. The fraction of sp³-hybridized carbons (Fsp3) is 0.462. The molecule has 1 heterocycles. The number of aliphatic carboxylic acids is 1. The largest absolute Gasteiger partial charge is 0.481 e. The average Bonchev–Trinajstić information content (AvgIpc) is 2.19. The van der Waals surface area contributed by atoms with Gasteiger partial charge in [-0.3, -0.25) is 4.79 Å². The quantitative estimate of drug-likeness (QED) is 0.851. The number of hydrogen-bond acceptors (Lipinski definition) is 2. The van der Waals surface area contributed by atoms with E-state index in [-0.39, 0.29) is 5.82 Å². The predicted molar refractivity (Wildman–Crippen MR) is 64.6 cm³/mol. The van der Waals surface area contributed by atoms with E-state index in [0.29, 0.717) is 12.3 Å². The lowest BCUT2D eigenvalue weighted by Crippen LogP contribution is -2.39. The van der Waals surface area contributed by atoms with Crippen LogP contribution in [-0.4, -0.2) is 24.2 Å². The zero-order valence-corrected chi connectivity index (χ0v) is 9.95. The molecule has 2 rings (SSSR count). The Labute approximate surface area is 101 Å². The highest BCUT2D eigenvalue weighted by molar-refractivity contribution is 5.66. The number of rotatable bonds is 3. The highest BCUT2D eigenvalue weighted by atomic mass is 19.1. The zero-order valence-electron chi connectivity index (χ0n) is 9.95. The Balaban J connectivity index is 0.000000209. The Kier molecular flexibility index (Phi) is 5.63. The summed E-state index contributed by atoms with van der Waals surface area (Å²) in [6, 6.07) is 6.77. The monoisotopic (exact) mass is 239 g/mol. The average molecular weight is 239 g/mol. The molecule has 1 saturated heterocycles. The molecule has 0 spiro atoms. The normalized spacial score (nSPS) is 14.5. The van der Waals surface area contributed by atoms with Gasteiger partial charge in [0.1, 0.15) is 5.82 Å². The van der Waals surface area contributed by atoms with Gasteiger partial charge in [0.05, 0.1) is 0 Å². The molecular formula is C13H18FNO2. The first-order chi connectivity index (χ1) is 8.13. The Morgan fingerprint density at radius 3 is 2.29 bits per heavy atom. The highest BCUT2D eigenvalue weighted by Gasteiger charge is 2.17. The second-order valence-corrected chi connectivity index (χ2v) is 4.05. The minimum absolute atomic E-state index is 0.152. The summed E-state index contributed by atoms with van der Waals surface area (Å²) in [5.74, 6) is -0.255. The second-order valence-electron chi connectivity index (χ2n) is 4.05. The van der Waals surface area contributed by atoms with Gasteiger partial charge in [-0.25, -0.2) is 4.39 Å². The van der Waals surface area contributed by atoms with E-state index in [4.69, 9.17) is 5.11 Å².